The van der Waals surface area contributed by atoms with Gasteiger partial charge in [0.15, 0.2) is 11.5 Å². The van der Waals surface area contributed by atoms with Crippen molar-refractivity contribution in [2.24, 2.45) is 0 Å². The molecular formula is C15H13BrClNO4S. The van der Waals surface area contributed by atoms with Gasteiger partial charge in [-0.05, 0) is 45.8 Å². The van der Waals surface area contributed by atoms with Crippen LogP contribution < -0.4 is 13.8 Å². The molecule has 0 aromatic heterocycles. The van der Waals surface area contributed by atoms with E-state index in [0.717, 1.165) is 0 Å². The summed E-state index contributed by atoms with van der Waals surface area (Å²) in [6.07, 6.45) is 1.17. The van der Waals surface area contributed by atoms with Crippen molar-refractivity contribution in [3.63, 3.8) is 0 Å². The standard InChI is InChI=1S/C15H13BrClNO4S/c1-23(19,20)18(13-5-3-2-4-11(13)16)8-10-6-12(17)15-14(7-10)21-9-22-15/h2-7H,8-9H2,1H3. The van der Waals surface area contributed by atoms with E-state index in [2.05, 4.69) is 15.9 Å². The molecule has 0 aliphatic carbocycles. The second-order valence-electron chi connectivity index (χ2n) is 5.03. The molecule has 0 spiro atoms. The highest BCUT2D eigenvalue weighted by Gasteiger charge is 2.23. The van der Waals surface area contributed by atoms with E-state index in [4.69, 9.17) is 21.1 Å². The molecule has 0 saturated carbocycles. The van der Waals surface area contributed by atoms with Gasteiger partial charge in [0.05, 0.1) is 23.5 Å². The van der Waals surface area contributed by atoms with Crippen molar-refractivity contribution in [3.8, 4) is 11.5 Å². The predicted molar refractivity (Wildman–Crippen MR) is 92.7 cm³/mol. The minimum atomic E-state index is -3.48. The van der Waals surface area contributed by atoms with Crippen LogP contribution in [0.3, 0.4) is 0 Å². The number of hydrogen-bond acceptors (Lipinski definition) is 4. The third-order valence-corrected chi connectivity index (χ3v) is 5.41. The van der Waals surface area contributed by atoms with E-state index in [0.29, 0.717) is 32.2 Å². The van der Waals surface area contributed by atoms with E-state index in [1.807, 2.05) is 6.07 Å². The average molecular weight is 419 g/mol. The lowest BCUT2D eigenvalue weighted by molar-refractivity contribution is 0.174. The molecule has 1 aliphatic heterocycles. The zero-order valence-electron chi connectivity index (χ0n) is 12.1. The van der Waals surface area contributed by atoms with Crippen LogP contribution in [0, 0.1) is 0 Å². The van der Waals surface area contributed by atoms with Crippen LogP contribution in [0.5, 0.6) is 11.5 Å². The highest BCUT2D eigenvalue weighted by molar-refractivity contribution is 9.10. The lowest BCUT2D eigenvalue weighted by Crippen LogP contribution is -2.29. The Labute approximate surface area is 147 Å². The molecule has 0 atom stereocenters. The molecule has 1 aliphatic rings. The van der Waals surface area contributed by atoms with Crippen molar-refractivity contribution < 1.29 is 17.9 Å². The Morgan fingerprint density at radius 3 is 2.70 bits per heavy atom. The maximum absolute atomic E-state index is 12.2. The Balaban J connectivity index is 2.01. The molecule has 0 fully saturated rings. The van der Waals surface area contributed by atoms with Crippen LogP contribution in [-0.2, 0) is 16.6 Å². The van der Waals surface area contributed by atoms with Gasteiger partial charge >= 0.3 is 0 Å². The normalized spacial score (nSPS) is 13.2. The molecule has 0 bridgehead atoms. The van der Waals surface area contributed by atoms with E-state index >= 15 is 0 Å². The number of halogens is 2. The van der Waals surface area contributed by atoms with Gasteiger partial charge in [0.25, 0.3) is 0 Å². The fourth-order valence-corrected chi connectivity index (χ4v) is 4.12. The van der Waals surface area contributed by atoms with Crippen molar-refractivity contribution >= 4 is 43.2 Å². The molecule has 122 valence electrons. The molecule has 8 heteroatoms. The lowest BCUT2D eigenvalue weighted by Gasteiger charge is -2.24. The van der Waals surface area contributed by atoms with Crippen molar-refractivity contribution in [2.75, 3.05) is 17.4 Å². The summed E-state index contributed by atoms with van der Waals surface area (Å²) in [4.78, 5) is 0. The number of hydrogen-bond donors (Lipinski definition) is 0. The molecule has 3 rings (SSSR count). The number of rotatable bonds is 4. The highest BCUT2D eigenvalue weighted by Crippen LogP contribution is 2.40. The van der Waals surface area contributed by atoms with Crippen LogP contribution in [0.1, 0.15) is 5.56 Å². The van der Waals surface area contributed by atoms with Gasteiger partial charge in [0.2, 0.25) is 16.8 Å². The minimum Gasteiger partial charge on any atom is -0.454 e. The zero-order valence-corrected chi connectivity index (χ0v) is 15.3. The first kappa shape index (κ1) is 16.4. The molecular weight excluding hydrogens is 406 g/mol. The minimum absolute atomic E-state index is 0.110. The number of ether oxygens (including phenoxy) is 2. The summed E-state index contributed by atoms with van der Waals surface area (Å²) < 4.78 is 37.0. The van der Waals surface area contributed by atoms with Gasteiger partial charge in [0.1, 0.15) is 0 Å². The van der Waals surface area contributed by atoms with Gasteiger partial charge < -0.3 is 9.47 Å². The quantitative estimate of drug-likeness (QED) is 0.758. The van der Waals surface area contributed by atoms with E-state index in [9.17, 15) is 8.42 Å². The van der Waals surface area contributed by atoms with Crippen molar-refractivity contribution in [1.29, 1.82) is 0 Å². The van der Waals surface area contributed by atoms with Crippen molar-refractivity contribution in [3.05, 3.63) is 51.5 Å². The van der Waals surface area contributed by atoms with E-state index in [-0.39, 0.29) is 13.3 Å². The monoisotopic (exact) mass is 417 g/mol. The smallest absolute Gasteiger partial charge is 0.232 e. The summed E-state index contributed by atoms with van der Waals surface area (Å²) in [7, 11) is -3.48. The molecule has 23 heavy (non-hydrogen) atoms. The summed E-state index contributed by atoms with van der Waals surface area (Å²) in [5.74, 6) is 1.01. The van der Waals surface area contributed by atoms with Crippen molar-refractivity contribution in [2.45, 2.75) is 6.54 Å². The molecule has 2 aromatic carbocycles. The van der Waals surface area contributed by atoms with E-state index < -0.39 is 10.0 Å². The molecule has 0 saturated heterocycles. The third-order valence-electron chi connectivity index (χ3n) is 3.33. The van der Waals surface area contributed by atoms with Gasteiger partial charge in [-0.15, -0.1) is 0 Å². The summed E-state index contributed by atoms with van der Waals surface area (Å²) in [6, 6.07) is 10.6. The number of fused-ring (bicyclic) bond motifs is 1. The maximum atomic E-state index is 12.2. The summed E-state index contributed by atoms with van der Waals surface area (Å²) in [5, 5.41) is 0.399. The second kappa shape index (κ2) is 6.22. The SMILES string of the molecule is CS(=O)(=O)N(Cc1cc(Cl)c2c(c1)OCO2)c1ccccc1Br. The van der Waals surface area contributed by atoms with Crippen LogP contribution in [0.2, 0.25) is 5.02 Å². The Morgan fingerprint density at radius 1 is 1.26 bits per heavy atom. The fourth-order valence-electron chi connectivity index (χ4n) is 2.31. The topological polar surface area (TPSA) is 55.8 Å². The van der Waals surface area contributed by atoms with Gasteiger partial charge in [-0.3, -0.25) is 4.31 Å². The van der Waals surface area contributed by atoms with Crippen LogP contribution in [0.15, 0.2) is 40.9 Å². The number of anilines is 1. The molecule has 0 radical (unpaired) electrons. The molecule has 0 amide bonds. The Kier molecular flexibility index (Phi) is 4.44. The molecule has 2 aromatic rings. The first-order valence-electron chi connectivity index (χ1n) is 6.66. The van der Waals surface area contributed by atoms with Crippen LogP contribution >= 0.6 is 27.5 Å². The summed E-state index contributed by atoms with van der Waals surface area (Å²) in [6.45, 7) is 0.246. The molecule has 5 nitrogen and oxygen atoms in total. The van der Waals surface area contributed by atoms with Gasteiger partial charge in [-0.25, -0.2) is 8.42 Å². The van der Waals surface area contributed by atoms with Gasteiger partial charge in [-0.1, -0.05) is 23.7 Å². The van der Waals surface area contributed by atoms with Gasteiger partial charge in [0, 0.05) is 4.47 Å². The van der Waals surface area contributed by atoms with Crippen LogP contribution in [0.4, 0.5) is 5.69 Å². The first-order chi connectivity index (χ1) is 10.9. The number of para-hydroxylation sites is 1. The largest absolute Gasteiger partial charge is 0.454 e. The summed E-state index contributed by atoms with van der Waals surface area (Å²) >= 11 is 9.56. The van der Waals surface area contributed by atoms with Gasteiger partial charge in [-0.2, -0.15) is 0 Å². The fraction of sp³-hybridized carbons (Fsp3) is 0.200. The molecule has 0 unspecified atom stereocenters. The maximum Gasteiger partial charge on any atom is 0.232 e. The zero-order chi connectivity index (χ0) is 16.6. The highest BCUT2D eigenvalue weighted by atomic mass is 79.9. The van der Waals surface area contributed by atoms with E-state index in [1.165, 1.54) is 10.6 Å². The van der Waals surface area contributed by atoms with Crippen LogP contribution in [0.25, 0.3) is 0 Å². The first-order valence-corrected chi connectivity index (χ1v) is 9.68. The lowest BCUT2D eigenvalue weighted by atomic mass is 10.2. The third kappa shape index (κ3) is 3.41. The number of benzene rings is 2. The Hall–Kier alpha value is -1.44. The Morgan fingerprint density at radius 2 is 2.00 bits per heavy atom. The predicted octanol–water partition coefficient (Wildman–Crippen LogP) is 3.80. The van der Waals surface area contributed by atoms with Crippen molar-refractivity contribution in [1.82, 2.24) is 0 Å². The van der Waals surface area contributed by atoms with E-state index in [1.54, 1.807) is 30.3 Å². The number of nitrogens with zero attached hydrogens (tertiary/aromatic N) is 1. The number of sulfonamides is 1. The Bertz CT molecular complexity index is 857. The van der Waals surface area contributed by atoms with Crippen LogP contribution in [-0.4, -0.2) is 21.5 Å². The second-order valence-corrected chi connectivity index (χ2v) is 8.20. The average Bonchev–Trinajstić information content (AvgIpc) is 2.93. The summed E-state index contributed by atoms with van der Waals surface area (Å²) in [5.41, 5.74) is 1.27. The molecule has 0 N–H and O–H groups in total. The molecule has 1 heterocycles.